The Kier molecular flexibility index (Phi) is 15.3. The number of aryl methyl sites for hydroxylation is 2. The lowest BCUT2D eigenvalue weighted by Gasteiger charge is -2.08. The van der Waals surface area contributed by atoms with Crippen LogP contribution in [0.1, 0.15) is 54.4 Å². The van der Waals surface area contributed by atoms with Crippen molar-refractivity contribution in [3.05, 3.63) is 139 Å². The second-order valence-corrected chi connectivity index (χ2v) is 14.8. The van der Waals surface area contributed by atoms with Crippen LogP contribution in [0.2, 0.25) is 10.0 Å². The molecule has 2 heterocycles. The molecule has 55 heavy (non-hydrogen) atoms. The van der Waals surface area contributed by atoms with E-state index in [1.807, 2.05) is 48.5 Å². The first-order chi connectivity index (χ1) is 26.5. The first-order valence-electron chi connectivity index (χ1n) is 17.1. The summed E-state index contributed by atoms with van der Waals surface area (Å²) < 4.78 is 10.7. The molecule has 0 bridgehead atoms. The molecule has 2 fully saturated rings. The van der Waals surface area contributed by atoms with Gasteiger partial charge in [-0.25, -0.2) is 0 Å². The largest absolute Gasteiger partial charge is 0.425 e. The van der Waals surface area contributed by atoms with E-state index in [-0.39, 0.29) is 49.7 Å². The van der Waals surface area contributed by atoms with Crippen LogP contribution in [-0.4, -0.2) is 34.2 Å². The molecular formula is C41H34Cl2N2O8S2. The van der Waals surface area contributed by atoms with Crippen molar-refractivity contribution in [2.24, 2.45) is 0 Å². The van der Waals surface area contributed by atoms with E-state index in [0.29, 0.717) is 30.4 Å². The van der Waals surface area contributed by atoms with Crippen molar-refractivity contribution in [3.63, 3.8) is 0 Å². The monoisotopic (exact) mass is 816 g/mol. The zero-order valence-electron chi connectivity index (χ0n) is 29.2. The van der Waals surface area contributed by atoms with E-state index in [2.05, 4.69) is 22.8 Å². The normalized spacial score (nSPS) is 15.0. The number of unbranched alkanes of at least 4 members (excludes halogenated alkanes) is 1. The fourth-order valence-electron chi connectivity index (χ4n) is 5.23. The van der Waals surface area contributed by atoms with Gasteiger partial charge in [0.25, 0.3) is 22.3 Å². The lowest BCUT2D eigenvalue weighted by molar-refractivity contribution is -0.135. The lowest BCUT2D eigenvalue weighted by Crippen LogP contribution is -2.17. The third-order valence-electron chi connectivity index (χ3n) is 7.92. The standard InChI is InChI=1S/C21H18ClNO4S.C20H16ClNO4S/c22-19-15(13-17-20(25)23-21(26)28-17)10-6-11-16(19)27-18(24)12-5-4-9-14-7-2-1-3-8-14;21-18-14(12-16-19(24)22-20(25)27-16)9-5-10-15(18)26-17(23)11-4-8-13-6-2-1-3-7-13/h1-3,6-8,10-11,13H,4-5,9,12H2,(H,23,25,26);1-3,5-7,9-10,12H,4,8,11H2,(H,22,24,25)/b17-13-;16-12-. The Morgan fingerprint density at radius 1 is 0.545 bits per heavy atom. The molecule has 0 atom stereocenters. The molecule has 14 heteroatoms. The Balaban J connectivity index is 0.000000211. The van der Waals surface area contributed by atoms with Gasteiger partial charge in [0.1, 0.15) is 11.5 Å². The number of rotatable bonds is 13. The number of benzene rings is 4. The van der Waals surface area contributed by atoms with Crippen LogP contribution in [-0.2, 0) is 32.0 Å². The topological polar surface area (TPSA) is 145 Å². The van der Waals surface area contributed by atoms with Crippen molar-refractivity contribution in [1.29, 1.82) is 0 Å². The summed E-state index contributed by atoms with van der Waals surface area (Å²) >= 11 is 14.2. The Bertz CT molecular complexity index is 2140. The molecule has 0 radical (unpaired) electrons. The van der Waals surface area contributed by atoms with Gasteiger partial charge in [-0.1, -0.05) is 108 Å². The Hall–Kier alpha value is -5.14. The lowest BCUT2D eigenvalue weighted by atomic mass is 10.1. The van der Waals surface area contributed by atoms with Gasteiger partial charge in [0.15, 0.2) is 0 Å². The molecule has 2 saturated heterocycles. The van der Waals surface area contributed by atoms with Crippen molar-refractivity contribution >= 4 is 93.1 Å². The van der Waals surface area contributed by atoms with Gasteiger partial charge in [-0.15, -0.1) is 0 Å². The number of amides is 4. The maximum Gasteiger partial charge on any atom is 0.311 e. The average molecular weight is 818 g/mol. The molecule has 0 aliphatic carbocycles. The highest BCUT2D eigenvalue weighted by molar-refractivity contribution is 8.18. The summed E-state index contributed by atoms with van der Waals surface area (Å²) in [7, 11) is 0. The third-order valence-corrected chi connectivity index (χ3v) is 10.3. The van der Waals surface area contributed by atoms with Gasteiger partial charge < -0.3 is 9.47 Å². The highest BCUT2D eigenvalue weighted by Crippen LogP contribution is 2.34. The molecule has 4 aromatic carbocycles. The number of halogens is 2. The zero-order valence-corrected chi connectivity index (χ0v) is 32.3. The Morgan fingerprint density at radius 3 is 1.38 bits per heavy atom. The number of thioether (sulfide) groups is 2. The van der Waals surface area contributed by atoms with Crippen molar-refractivity contribution in [1.82, 2.24) is 10.6 Å². The van der Waals surface area contributed by atoms with Gasteiger partial charge in [0.05, 0.1) is 19.9 Å². The quantitative estimate of drug-likeness (QED) is 0.0579. The van der Waals surface area contributed by atoms with Crippen molar-refractivity contribution in [3.8, 4) is 11.5 Å². The van der Waals surface area contributed by atoms with Crippen LogP contribution in [0.15, 0.2) is 107 Å². The second-order valence-electron chi connectivity index (χ2n) is 12.0. The van der Waals surface area contributed by atoms with E-state index in [4.69, 9.17) is 32.7 Å². The molecule has 2 N–H and O–H groups in total. The van der Waals surface area contributed by atoms with E-state index in [1.54, 1.807) is 36.4 Å². The minimum atomic E-state index is -0.468. The maximum absolute atomic E-state index is 12.1. The minimum absolute atomic E-state index is 0.217. The van der Waals surface area contributed by atoms with E-state index in [0.717, 1.165) is 42.8 Å². The fraction of sp³-hybridized carbons (Fsp3) is 0.171. The maximum atomic E-state index is 12.1. The zero-order chi connectivity index (χ0) is 39.2. The molecule has 2 aliphatic rings. The van der Waals surface area contributed by atoms with Gasteiger partial charge in [-0.3, -0.25) is 39.4 Å². The highest BCUT2D eigenvalue weighted by atomic mass is 35.5. The summed E-state index contributed by atoms with van der Waals surface area (Å²) in [4.78, 5) is 70.5. The number of hydrogen-bond donors (Lipinski definition) is 2. The van der Waals surface area contributed by atoms with Crippen LogP contribution < -0.4 is 20.1 Å². The highest BCUT2D eigenvalue weighted by Gasteiger charge is 2.26. The molecule has 6 rings (SSSR count). The molecule has 10 nitrogen and oxygen atoms in total. The van der Waals surface area contributed by atoms with Crippen molar-refractivity contribution < 1.29 is 38.2 Å². The first kappa shape index (κ1) is 41.0. The predicted octanol–water partition coefficient (Wildman–Crippen LogP) is 9.57. The Morgan fingerprint density at radius 2 is 0.964 bits per heavy atom. The van der Waals surface area contributed by atoms with Crippen LogP contribution in [0, 0.1) is 0 Å². The number of esters is 2. The van der Waals surface area contributed by atoms with Crippen LogP contribution in [0.5, 0.6) is 11.5 Å². The average Bonchev–Trinajstić information content (AvgIpc) is 3.67. The summed E-state index contributed by atoms with van der Waals surface area (Å²) in [5.74, 6) is -1.20. The van der Waals surface area contributed by atoms with E-state index in [9.17, 15) is 28.8 Å². The molecule has 2 aliphatic heterocycles. The van der Waals surface area contributed by atoms with Gasteiger partial charge in [0.2, 0.25) is 0 Å². The molecule has 4 amide bonds. The van der Waals surface area contributed by atoms with Gasteiger partial charge in [-0.2, -0.15) is 0 Å². The van der Waals surface area contributed by atoms with Crippen LogP contribution in [0.3, 0.4) is 0 Å². The summed E-state index contributed by atoms with van der Waals surface area (Å²) in [5, 5.41) is 3.95. The first-order valence-corrected chi connectivity index (χ1v) is 19.5. The number of imide groups is 2. The van der Waals surface area contributed by atoms with Crippen LogP contribution >= 0.6 is 46.7 Å². The molecule has 0 unspecified atom stereocenters. The Labute approximate surface area is 336 Å². The summed E-state index contributed by atoms with van der Waals surface area (Å²) in [5.41, 5.74) is 3.41. The molecule has 0 saturated carbocycles. The molecule has 0 spiro atoms. The predicted molar refractivity (Wildman–Crippen MR) is 216 cm³/mol. The smallest absolute Gasteiger partial charge is 0.311 e. The summed E-state index contributed by atoms with van der Waals surface area (Å²) in [6.07, 6.45) is 7.54. The fourth-order valence-corrected chi connectivity index (χ4v) is 7.02. The van der Waals surface area contributed by atoms with Gasteiger partial charge >= 0.3 is 11.9 Å². The van der Waals surface area contributed by atoms with Crippen LogP contribution in [0.4, 0.5) is 9.59 Å². The van der Waals surface area contributed by atoms with Crippen molar-refractivity contribution in [2.75, 3.05) is 0 Å². The number of ether oxygens (including phenoxy) is 2. The van der Waals surface area contributed by atoms with Crippen molar-refractivity contribution in [2.45, 2.75) is 44.9 Å². The van der Waals surface area contributed by atoms with E-state index >= 15 is 0 Å². The molecule has 4 aromatic rings. The van der Waals surface area contributed by atoms with E-state index < -0.39 is 22.3 Å². The van der Waals surface area contributed by atoms with Gasteiger partial charge in [0, 0.05) is 12.8 Å². The summed E-state index contributed by atoms with van der Waals surface area (Å²) in [6.45, 7) is 0. The summed E-state index contributed by atoms with van der Waals surface area (Å²) in [6, 6.07) is 29.9. The number of nitrogens with one attached hydrogen (secondary N) is 2. The number of carbonyl (C=O) groups is 6. The molecule has 0 aromatic heterocycles. The number of carbonyl (C=O) groups excluding carboxylic acids is 6. The SMILES string of the molecule is O=C(CCCCc1ccccc1)Oc1cccc(/C=C2\SC(=O)NC2=O)c1Cl.O=C(CCCc1ccccc1)Oc1cccc(/C=C2\SC(=O)NC2=O)c1Cl. The van der Waals surface area contributed by atoms with Crippen LogP contribution in [0.25, 0.3) is 12.2 Å². The van der Waals surface area contributed by atoms with Gasteiger partial charge in [-0.05, 0) is 102 Å². The van der Waals surface area contributed by atoms with E-state index in [1.165, 1.54) is 23.3 Å². The third kappa shape index (κ3) is 12.7. The second kappa shape index (κ2) is 20.5. The minimum Gasteiger partial charge on any atom is -0.425 e. The number of hydrogen-bond acceptors (Lipinski definition) is 10. The molecular weight excluding hydrogens is 783 g/mol. The molecule has 282 valence electrons.